The van der Waals surface area contributed by atoms with Crippen molar-refractivity contribution in [1.29, 1.82) is 0 Å². The molecule has 0 unspecified atom stereocenters. The molecule has 4 rings (SSSR count). The van der Waals surface area contributed by atoms with E-state index in [9.17, 15) is 4.79 Å². The first-order chi connectivity index (χ1) is 13.7. The molecule has 0 bridgehead atoms. The van der Waals surface area contributed by atoms with Gasteiger partial charge in [0.1, 0.15) is 0 Å². The SMILES string of the molecule is COC(=O)N1CC=C(c2cnc(N)c(-c3nnc(-c4ccccc4)o3)n2)CC1. The molecule has 0 spiro atoms. The van der Waals surface area contributed by atoms with E-state index in [1.807, 2.05) is 36.4 Å². The van der Waals surface area contributed by atoms with E-state index in [2.05, 4.69) is 20.2 Å². The summed E-state index contributed by atoms with van der Waals surface area (Å²) in [6, 6.07) is 9.44. The second-order valence-electron chi connectivity index (χ2n) is 6.16. The summed E-state index contributed by atoms with van der Waals surface area (Å²) in [6.07, 6.45) is 3.81. The van der Waals surface area contributed by atoms with Crippen LogP contribution in [-0.2, 0) is 4.74 Å². The molecular weight excluding hydrogens is 360 g/mol. The number of hydrogen-bond acceptors (Lipinski definition) is 8. The van der Waals surface area contributed by atoms with Crippen LogP contribution in [0.5, 0.6) is 0 Å². The number of nitrogens with two attached hydrogens (primary N) is 1. The number of ether oxygens (including phenoxy) is 1. The quantitative estimate of drug-likeness (QED) is 0.738. The lowest BCUT2D eigenvalue weighted by Crippen LogP contribution is -2.34. The molecule has 0 fully saturated rings. The summed E-state index contributed by atoms with van der Waals surface area (Å²) in [5.74, 6) is 0.797. The second kappa shape index (κ2) is 7.47. The molecule has 3 aromatic rings. The fraction of sp³-hybridized carbons (Fsp3) is 0.211. The standard InChI is InChI=1S/C19H18N6O3/c1-27-19(26)25-9-7-12(8-10-25)14-11-21-16(20)15(22-14)18-24-23-17(28-18)13-5-3-2-4-6-13/h2-7,11H,8-10H2,1H3,(H2,20,21). The molecule has 142 valence electrons. The first-order valence-electron chi connectivity index (χ1n) is 8.70. The maximum Gasteiger partial charge on any atom is 0.409 e. The number of hydrogen-bond donors (Lipinski definition) is 1. The molecule has 0 radical (unpaired) electrons. The van der Waals surface area contributed by atoms with E-state index in [1.54, 1.807) is 11.1 Å². The van der Waals surface area contributed by atoms with E-state index in [0.29, 0.717) is 36.8 Å². The van der Waals surface area contributed by atoms with Crippen molar-refractivity contribution < 1.29 is 13.9 Å². The Morgan fingerprint density at radius 1 is 1.21 bits per heavy atom. The zero-order valence-corrected chi connectivity index (χ0v) is 15.2. The molecule has 1 aliphatic rings. The topological polar surface area (TPSA) is 120 Å². The summed E-state index contributed by atoms with van der Waals surface area (Å²) in [7, 11) is 1.37. The minimum atomic E-state index is -0.348. The number of nitrogen functional groups attached to an aromatic ring is 1. The molecule has 2 aromatic heterocycles. The minimum absolute atomic E-state index is 0.207. The van der Waals surface area contributed by atoms with Crippen molar-refractivity contribution >= 4 is 17.5 Å². The molecule has 0 atom stereocenters. The van der Waals surface area contributed by atoms with E-state index in [4.69, 9.17) is 14.9 Å². The molecule has 28 heavy (non-hydrogen) atoms. The average molecular weight is 378 g/mol. The molecule has 1 aliphatic heterocycles. The third kappa shape index (κ3) is 3.41. The number of aromatic nitrogens is 4. The van der Waals surface area contributed by atoms with Gasteiger partial charge < -0.3 is 19.8 Å². The number of rotatable bonds is 3. The fourth-order valence-corrected chi connectivity index (χ4v) is 2.92. The van der Waals surface area contributed by atoms with Crippen LogP contribution < -0.4 is 5.73 Å². The Morgan fingerprint density at radius 3 is 2.71 bits per heavy atom. The predicted molar refractivity (Wildman–Crippen MR) is 102 cm³/mol. The smallest absolute Gasteiger partial charge is 0.409 e. The number of methoxy groups -OCH3 is 1. The van der Waals surface area contributed by atoms with Crippen LogP contribution in [0.3, 0.4) is 0 Å². The highest BCUT2D eigenvalue weighted by Gasteiger charge is 2.21. The Balaban J connectivity index is 1.61. The van der Waals surface area contributed by atoms with Crippen molar-refractivity contribution in [3.8, 4) is 23.0 Å². The van der Waals surface area contributed by atoms with Crippen LogP contribution in [0.1, 0.15) is 12.1 Å². The van der Waals surface area contributed by atoms with Gasteiger partial charge >= 0.3 is 6.09 Å². The van der Waals surface area contributed by atoms with Gasteiger partial charge in [0.15, 0.2) is 11.5 Å². The summed E-state index contributed by atoms with van der Waals surface area (Å²) < 4.78 is 10.5. The summed E-state index contributed by atoms with van der Waals surface area (Å²) >= 11 is 0. The molecule has 0 saturated heterocycles. The number of anilines is 1. The van der Waals surface area contributed by atoms with E-state index < -0.39 is 0 Å². The molecular formula is C19H18N6O3. The molecule has 0 aliphatic carbocycles. The molecule has 1 amide bonds. The van der Waals surface area contributed by atoms with Crippen molar-refractivity contribution in [3.63, 3.8) is 0 Å². The Labute approximate surface area is 160 Å². The van der Waals surface area contributed by atoms with Crippen molar-refractivity contribution in [2.75, 3.05) is 25.9 Å². The van der Waals surface area contributed by atoms with E-state index >= 15 is 0 Å². The summed E-state index contributed by atoms with van der Waals surface area (Å²) in [4.78, 5) is 22.0. The Morgan fingerprint density at radius 2 is 2.00 bits per heavy atom. The van der Waals surface area contributed by atoms with Crippen molar-refractivity contribution in [2.24, 2.45) is 0 Å². The molecule has 1 aromatic carbocycles. The molecule has 3 heterocycles. The van der Waals surface area contributed by atoms with Gasteiger partial charge in [-0.1, -0.05) is 24.3 Å². The van der Waals surface area contributed by atoms with Gasteiger partial charge in [0.05, 0.1) is 19.0 Å². The number of carbonyl (C=O) groups excluding carboxylic acids is 1. The fourth-order valence-electron chi connectivity index (χ4n) is 2.92. The van der Waals surface area contributed by atoms with Crippen LogP contribution in [0.25, 0.3) is 28.6 Å². The van der Waals surface area contributed by atoms with Crippen LogP contribution in [-0.4, -0.2) is 51.4 Å². The van der Waals surface area contributed by atoms with Crippen LogP contribution in [0.2, 0.25) is 0 Å². The normalized spacial score (nSPS) is 13.9. The lowest BCUT2D eigenvalue weighted by atomic mass is 10.1. The molecule has 9 heteroatoms. The molecule has 0 saturated carbocycles. The van der Waals surface area contributed by atoms with E-state index in [-0.39, 0.29) is 17.8 Å². The molecule has 2 N–H and O–H groups in total. The van der Waals surface area contributed by atoms with Crippen molar-refractivity contribution in [1.82, 2.24) is 25.1 Å². The van der Waals surface area contributed by atoms with Gasteiger partial charge in [-0.3, -0.25) is 0 Å². The van der Waals surface area contributed by atoms with E-state index in [0.717, 1.165) is 11.1 Å². The lowest BCUT2D eigenvalue weighted by molar-refractivity contribution is 0.128. The predicted octanol–water partition coefficient (Wildman–Crippen LogP) is 2.63. The highest BCUT2D eigenvalue weighted by atomic mass is 16.5. The lowest BCUT2D eigenvalue weighted by Gasteiger charge is -2.24. The van der Waals surface area contributed by atoms with Crippen LogP contribution in [0.4, 0.5) is 10.6 Å². The number of nitrogens with zero attached hydrogens (tertiary/aromatic N) is 5. The zero-order valence-electron chi connectivity index (χ0n) is 15.2. The average Bonchev–Trinajstić information content (AvgIpc) is 3.24. The highest BCUT2D eigenvalue weighted by Crippen LogP contribution is 2.28. The van der Waals surface area contributed by atoms with Gasteiger partial charge in [-0.05, 0) is 24.1 Å². The number of benzene rings is 1. The zero-order chi connectivity index (χ0) is 19.5. The Bertz CT molecular complexity index is 1030. The highest BCUT2D eigenvalue weighted by molar-refractivity contribution is 5.73. The van der Waals surface area contributed by atoms with Crippen LogP contribution in [0.15, 0.2) is 47.0 Å². The van der Waals surface area contributed by atoms with Gasteiger partial charge in [-0.2, -0.15) is 0 Å². The van der Waals surface area contributed by atoms with Crippen molar-refractivity contribution in [3.05, 3.63) is 48.3 Å². The van der Waals surface area contributed by atoms with Gasteiger partial charge in [0.2, 0.25) is 5.89 Å². The van der Waals surface area contributed by atoms with Gasteiger partial charge in [-0.15, -0.1) is 10.2 Å². The molecule has 9 nitrogen and oxygen atoms in total. The number of carbonyl (C=O) groups is 1. The third-order valence-electron chi connectivity index (χ3n) is 4.42. The van der Waals surface area contributed by atoms with Crippen LogP contribution in [0, 0.1) is 0 Å². The summed E-state index contributed by atoms with van der Waals surface area (Å²) in [5, 5.41) is 8.14. The van der Waals surface area contributed by atoms with Gasteiger partial charge in [0.25, 0.3) is 5.89 Å². The monoisotopic (exact) mass is 378 g/mol. The summed E-state index contributed by atoms with van der Waals surface area (Å²) in [6.45, 7) is 0.987. The maximum absolute atomic E-state index is 11.6. The first kappa shape index (κ1) is 17.7. The van der Waals surface area contributed by atoms with Gasteiger partial charge in [-0.25, -0.2) is 14.8 Å². The Kier molecular flexibility index (Phi) is 4.71. The minimum Gasteiger partial charge on any atom is -0.453 e. The number of amides is 1. The largest absolute Gasteiger partial charge is 0.453 e. The first-order valence-corrected chi connectivity index (χ1v) is 8.70. The van der Waals surface area contributed by atoms with E-state index in [1.165, 1.54) is 7.11 Å². The second-order valence-corrected chi connectivity index (χ2v) is 6.16. The maximum atomic E-state index is 11.6. The van der Waals surface area contributed by atoms with Gasteiger partial charge in [0, 0.05) is 18.7 Å². The summed E-state index contributed by atoms with van der Waals surface area (Å²) in [5.41, 5.74) is 8.76. The Hall–Kier alpha value is -3.75. The third-order valence-corrected chi connectivity index (χ3v) is 4.42. The van der Waals surface area contributed by atoms with Crippen molar-refractivity contribution in [2.45, 2.75) is 6.42 Å². The van der Waals surface area contributed by atoms with Crippen LogP contribution >= 0.6 is 0 Å².